The molecule has 0 radical (unpaired) electrons. The average molecular weight is 540 g/mol. The summed E-state index contributed by atoms with van der Waals surface area (Å²) >= 11 is 0. The maximum absolute atomic E-state index is 13.6. The van der Waals surface area contributed by atoms with Crippen molar-refractivity contribution in [3.8, 4) is 0 Å². The molecule has 38 heavy (non-hydrogen) atoms. The van der Waals surface area contributed by atoms with Crippen molar-refractivity contribution in [2.24, 2.45) is 40.4 Å². The lowest BCUT2D eigenvalue weighted by Gasteiger charge is -2.67. The Kier molecular flexibility index (Phi) is 7.61. The fraction of sp³-hybridized carbons (Fsp3) is 0.966. The zero-order chi connectivity index (χ0) is 27.8. The molecule has 5 aliphatic rings. The summed E-state index contributed by atoms with van der Waals surface area (Å²) in [6.45, 7) is 7.59. The SMILES string of the molecule is CC(O)C1C(=O)C2(O)C(O)C3C(O)C4C(O)CCC(C(O)CN5CCCCC5)C4CC3(C)CC2(C)CC1O. The van der Waals surface area contributed by atoms with Gasteiger partial charge in [-0.15, -0.1) is 0 Å². The van der Waals surface area contributed by atoms with Crippen LogP contribution in [-0.4, -0.2) is 108 Å². The molecule has 14 atom stereocenters. The van der Waals surface area contributed by atoms with E-state index in [2.05, 4.69) is 4.90 Å². The number of ketones is 1. The van der Waals surface area contributed by atoms with Crippen molar-refractivity contribution < 1.29 is 40.5 Å². The van der Waals surface area contributed by atoms with Crippen molar-refractivity contribution in [3.63, 3.8) is 0 Å². The van der Waals surface area contributed by atoms with Crippen LogP contribution in [0.25, 0.3) is 0 Å². The maximum atomic E-state index is 13.6. The van der Waals surface area contributed by atoms with Crippen molar-refractivity contribution in [2.45, 2.75) is 114 Å². The van der Waals surface area contributed by atoms with Crippen molar-refractivity contribution in [1.29, 1.82) is 0 Å². The molecule has 0 aromatic rings. The van der Waals surface area contributed by atoms with Gasteiger partial charge in [0.25, 0.3) is 0 Å². The minimum atomic E-state index is -2.24. The molecule has 1 aliphatic heterocycles. The molecule has 4 saturated carbocycles. The highest BCUT2D eigenvalue weighted by Gasteiger charge is 2.73. The Bertz CT molecular complexity index is 896. The fourth-order valence-electron chi connectivity index (χ4n) is 10.1. The van der Waals surface area contributed by atoms with Gasteiger partial charge in [0.15, 0.2) is 11.4 Å². The molecular weight excluding hydrogens is 490 g/mol. The van der Waals surface area contributed by atoms with Crippen LogP contribution in [0.4, 0.5) is 0 Å². The number of aliphatic hydroxyl groups excluding tert-OH is 6. The first-order chi connectivity index (χ1) is 17.7. The van der Waals surface area contributed by atoms with E-state index in [9.17, 15) is 40.5 Å². The Hall–Kier alpha value is -0.650. The van der Waals surface area contributed by atoms with E-state index in [0.717, 1.165) is 25.9 Å². The molecule has 5 fully saturated rings. The second kappa shape index (κ2) is 10.0. The Morgan fingerprint density at radius 1 is 0.974 bits per heavy atom. The molecule has 1 saturated heterocycles. The number of nitrogens with zero attached hydrogens (tertiary/aromatic N) is 1. The van der Waals surface area contributed by atoms with Crippen molar-refractivity contribution in [3.05, 3.63) is 0 Å². The second-order valence-corrected chi connectivity index (χ2v) is 14.2. The van der Waals surface area contributed by atoms with E-state index >= 15 is 0 Å². The van der Waals surface area contributed by atoms with Crippen molar-refractivity contribution in [1.82, 2.24) is 4.90 Å². The number of piperidine rings is 1. The summed E-state index contributed by atoms with van der Waals surface area (Å²) in [5.41, 5.74) is -4.10. The van der Waals surface area contributed by atoms with Gasteiger partial charge in [-0.1, -0.05) is 20.3 Å². The molecule has 14 unspecified atom stereocenters. The van der Waals surface area contributed by atoms with E-state index in [1.54, 1.807) is 6.92 Å². The third kappa shape index (κ3) is 4.23. The second-order valence-electron chi connectivity index (χ2n) is 14.2. The monoisotopic (exact) mass is 539 g/mol. The Morgan fingerprint density at radius 2 is 1.63 bits per heavy atom. The number of Topliss-reactive ketones (excluding diaryl/α,β-unsaturated/α-hetero) is 1. The maximum Gasteiger partial charge on any atom is 0.175 e. The van der Waals surface area contributed by atoms with Gasteiger partial charge in [-0.25, -0.2) is 0 Å². The summed E-state index contributed by atoms with van der Waals surface area (Å²) in [4.78, 5) is 15.9. The smallest absolute Gasteiger partial charge is 0.175 e. The lowest BCUT2D eigenvalue weighted by Crippen LogP contribution is -2.77. The summed E-state index contributed by atoms with van der Waals surface area (Å²) in [7, 11) is 0. The van der Waals surface area contributed by atoms with Crippen LogP contribution in [0.15, 0.2) is 0 Å². The molecule has 4 aliphatic carbocycles. The van der Waals surface area contributed by atoms with Crippen LogP contribution in [0.5, 0.6) is 0 Å². The summed E-state index contributed by atoms with van der Waals surface area (Å²) < 4.78 is 0. The number of likely N-dealkylation sites (tertiary alicyclic amines) is 1. The normalized spacial score (nSPS) is 53.4. The zero-order valence-electron chi connectivity index (χ0n) is 23.1. The topological polar surface area (TPSA) is 162 Å². The average Bonchev–Trinajstić information content (AvgIpc) is 2.81. The number of rotatable bonds is 4. The largest absolute Gasteiger partial charge is 0.393 e. The lowest BCUT2D eigenvalue weighted by atomic mass is 9.39. The van der Waals surface area contributed by atoms with Gasteiger partial charge in [0.2, 0.25) is 0 Å². The zero-order valence-corrected chi connectivity index (χ0v) is 23.1. The van der Waals surface area contributed by atoms with E-state index < -0.39 is 76.6 Å². The van der Waals surface area contributed by atoms with Gasteiger partial charge in [0, 0.05) is 23.8 Å². The van der Waals surface area contributed by atoms with E-state index in [0.29, 0.717) is 32.2 Å². The molecule has 7 N–H and O–H groups in total. The standard InChI is InChI=1S/C29H49NO8/c1-15(31)21-19(33)12-28(3)14-27(2)11-17-16(20(34)13-30-9-5-4-6-10-30)7-8-18(32)22(17)24(35)23(27)26(37)29(28,38)25(21)36/h15-24,26,31-35,37-38H,4-14H2,1-3H3. The van der Waals surface area contributed by atoms with Crippen molar-refractivity contribution >= 4 is 5.78 Å². The predicted molar refractivity (Wildman–Crippen MR) is 139 cm³/mol. The highest BCUT2D eigenvalue weighted by molar-refractivity contribution is 5.93. The molecule has 218 valence electrons. The van der Waals surface area contributed by atoms with Crippen LogP contribution < -0.4 is 0 Å². The quantitative estimate of drug-likeness (QED) is 0.262. The first-order valence-corrected chi connectivity index (χ1v) is 14.8. The fourth-order valence-corrected chi connectivity index (χ4v) is 10.1. The number of β-amino-alcohol motifs (C(OH)–C–C–N with tert-alkyl or cyclic N) is 1. The number of fused-ring (bicyclic) bond motifs is 3. The molecular formula is C29H49NO8. The van der Waals surface area contributed by atoms with Crippen LogP contribution in [-0.2, 0) is 4.79 Å². The van der Waals surface area contributed by atoms with Gasteiger partial charge < -0.3 is 40.6 Å². The van der Waals surface area contributed by atoms with E-state index in [1.165, 1.54) is 13.3 Å². The molecule has 9 nitrogen and oxygen atoms in total. The number of carbonyl (C=O) groups is 1. The summed E-state index contributed by atoms with van der Waals surface area (Å²) in [6.07, 6.45) is -1.12. The molecule has 0 aromatic carbocycles. The molecule has 0 spiro atoms. The van der Waals surface area contributed by atoms with Gasteiger partial charge in [0.05, 0.1) is 42.5 Å². The molecule has 5 rings (SSSR count). The van der Waals surface area contributed by atoms with Gasteiger partial charge in [-0.05, 0) is 82.2 Å². The first kappa shape index (κ1) is 28.9. The van der Waals surface area contributed by atoms with Crippen LogP contribution in [0.1, 0.15) is 72.1 Å². The number of hydrogen-bond acceptors (Lipinski definition) is 9. The number of hydrogen-bond donors (Lipinski definition) is 7. The van der Waals surface area contributed by atoms with Gasteiger partial charge in [0.1, 0.15) is 0 Å². The van der Waals surface area contributed by atoms with E-state index in [1.807, 2.05) is 6.92 Å². The Labute approximate surface area is 225 Å². The van der Waals surface area contributed by atoms with Crippen LogP contribution in [0.2, 0.25) is 0 Å². The molecule has 0 bridgehead atoms. The summed E-state index contributed by atoms with van der Waals surface area (Å²) in [5, 5.41) is 79.0. The molecule has 0 aromatic heterocycles. The lowest BCUT2D eigenvalue weighted by molar-refractivity contribution is -0.289. The van der Waals surface area contributed by atoms with E-state index in [4.69, 9.17) is 0 Å². The number of carbonyl (C=O) groups excluding carboxylic acids is 1. The van der Waals surface area contributed by atoms with E-state index in [-0.39, 0.29) is 18.3 Å². The highest BCUT2D eigenvalue weighted by atomic mass is 16.4. The Morgan fingerprint density at radius 3 is 2.26 bits per heavy atom. The molecule has 1 heterocycles. The minimum absolute atomic E-state index is 0.0397. The predicted octanol–water partition coefficient (Wildman–Crippen LogP) is 0.0563. The number of aliphatic hydroxyl groups is 7. The molecule has 9 heteroatoms. The Balaban J connectivity index is 1.47. The van der Waals surface area contributed by atoms with Crippen LogP contribution >= 0.6 is 0 Å². The summed E-state index contributed by atoms with van der Waals surface area (Å²) in [5.74, 6) is -3.75. The van der Waals surface area contributed by atoms with Crippen LogP contribution in [0, 0.1) is 40.4 Å². The third-order valence-corrected chi connectivity index (χ3v) is 11.7. The van der Waals surface area contributed by atoms with Crippen molar-refractivity contribution in [2.75, 3.05) is 19.6 Å². The first-order valence-electron chi connectivity index (χ1n) is 14.8. The van der Waals surface area contributed by atoms with Gasteiger partial charge in [-0.3, -0.25) is 4.79 Å². The third-order valence-electron chi connectivity index (χ3n) is 11.7. The highest BCUT2D eigenvalue weighted by Crippen LogP contribution is 2.66. The van der Waals surface area contributed by atoms with Gasteiger partial charge in [-0.2, -0.15) is 0 Å². The van der Waals surface area contributed by atoms with Gasteiger partial charge >= 0.3 is 0 Å². The molecule has 0 amide bonds. The van der Waals surface area contributed by atoms with Crippen LogP contribution in [0.3, 0.4) is 0 Å². The summed E-state index contributed by atoms with van der Waals surface area (Å²) in [6, 6.07) is 0. The minimum Gasteiger partial charge on any atom is -0.393 e.